The van der Waals surface area contributed by atoms with Crippen molar-refractivity contribution in [1.29, 1.82) is 0 Å². The number of methoxy groups -OCH3 is 1. The third-order valence-electron chi connectivity index (χ3n) is 1.47. The van der Waals surface area contributed by atoms with Crippen molar-refractivity contribution in [1.82, 2.24) is 4.98 Å². The number of ether oxygens (including phenoxy) is 2. The molecule has 0 aromatic carbocycles. The monoisotopic (exact) mass is 197 g/mol. The number of aliphatic carboxylic acids is 1. The van der Waals surface area contributed by atoms with Crippen molar-refractivity contribution in [3.8, 4) is 11.6 Å². The molecule has 76 valence electrons. The Morgan fingerprint density at radius 2 is 2.29 bits per heavy atom. The molecule has 14 heavy (non-hydrogen) atoms. The first-order chi connectivity index (χ1) is 6.61. The average Bonchev–Trinajstić information content (AvgIpc) is 2.14. The Morgan fingerprint density at radius 1 is 1.57 bits per heavy atom. The van der Waals surface area contributed by atoms with E-state index < -0.39 is 5.97 Å². The van der Waals surface area contributed by atoms with Crippen molar-refractivity contribution >= 4 is 5.97 Å². The highest BCUT2D eigenvalue weighted by Crippen LogP contribution is 2.18. The average molecular weight is 197 g/mol. The molecule has 0 amide bonds. The van der Waals surface area contributed by atoms with Crippen LogP contribution in [0, 0.1) is 6.92 Å². The maximum absolute atomic E-state index is 10.2. The lowest BCUT2D eigenvalue weighted by Crippen LogP contribution is -2.09. The van der Waals surface area contributed by atoms with Crippen LogP contribution in [0.3, 0.4) is 0 Å². The molecule has 1 N–H and O–H groups in total. The van der Waals surface area contributed by atoms with Crippen LogP contribution in [0.1, 0.15) is 5.69 Å². The molecular formula is C9H11NO4. The first kappa shape index (κ1) is 10.3. The number of carboxylic acids is 1. The molecule has 0 aliphatic rings. The maximum atomic E-state index is 10.2. The maximum Gasteiger partial charge on any atom is 0.341 e. The summed E-state index contributed by atoms with van der Waals surface area (Å²) >= 11 is 0. The topological polar surface area (TPSA) is 68.7 Å². The van der Waals surface area contributed by atoms with Gasteiger partial charge in [0, 0.05) is 17.8 Å². The highest BCUT2D eigenvalue weighted by Gasteiger charge is 2.03. The molecule has 5 heteroatoms. The van der Waals surface area contributed by atoms with Crippen LogP contribution < -0.4 is 9.47 Å². The van der Waals surface area contributed by atoms with Gasteiger partial charge in [0.1, 0.15) is 5.75 Å². The summed E-state index contributed by atoms with van der Waals surface area (Å²) in [6.45, 7) is 1.41. The van der Waals surface area contributed by atoms with E-state index in [2.05, 4.69) is 4.98 Å². The second-order valence-corrected chi connectivity index (χ2v) is 2.67. The summed E-state index contributed by atoms with van der Waals surface area (Å²) in [5.74, 6) is -0.166. The highest BCUT2D eigenvalue weighted by molar-refractivity contribution is 5.68. The first-order valence-corrected chi connectivity index (χ1v) is 3.99. The van der Waals surface area contributed by atoms with Gasteiger partial charge in [-0.2, -0.15) is 0 Å². The van der Waals surface area contributed by atoms with Gasteiger partial charge in [0.05, 0.1) is 7.11 Å². The van der Waals surface area contributed by atoms with Crippen molar-refractivity contribution in [2.24, 2.45) is 0 Å². The van der Waals surface area contributed by atoms with E-state index in [0.29, 0.717) is 17.3 Å². The SMILES string of the molecule is COc1cc(OCC(=O)O)cc(C)n1. The minimum Gasteiger partial charge on any atom is -0.482 e. The zero-order valence-corrected chi connectivity index (χ0v) is 7.98. The lowest BCUT2D eigenvalue weighted by molar-refractivity contribution is -0.139. The summed E-state index contributed by atoms with van der Waals surface area (Å²) in [5, 5.41) is 8.40. The predicted molar refractivity (Wildman–Crippen MR) is 48.7 cm³/mol. The fourth-order valence-electron chi connectivity index (χ4n) is 0.941. The van der Waals surface area contributed by atoms with Gasteiger partial charge >= 0.3 is 5.97 Å². The molecule has 5 nitrogen and oxygen atoms in total. The van der Waals surface area contributed by atoms with E-state index in [4.69, 9.17) is 14.6 Å². The van der Waals surface area contributed by atoms with Gasteiger partial charge in [-0.05, 0) is 6.92 Å². The largest absolute Gasteiger partial charge is 0.482 e. The number of hydrogen-bond acceptors (Lipinski definition) is 4. The molecule has 0 atom stereocenters. The van der Waals surface area contributed by atoms with Crippen LogP contribution in [0.15, 0.2) is 12.1 Å². The summed E-state index contributed by atoms with van der Waals surface area (Å²) in [4.78, 5) is 14.3. The van der Waals surface area contributed by atoms with Crippen molar-refractivity contribution in [2.45, 2.75) is 6.92 Å². The fraction of sp³-hybridized carbons (Fsp3) is 0.333. The van der Waals surface area contributed by atoms with Crippen LogP contribution in [0.5, 0.6) is 11.6 Å². The van der Waals surface area contributed by atoms with Crippen molar-refractivity contribution in [3.05, 3.63) is 17.8 Å². The zero-order chi connectivity index (χ0) is 10.6. The van der Waals surface area contributed by atoms with Gasteiger partial charge in [-0.15, -0.1) is 0 Å². The summed E-state index contributed by atoms with van der Waals surface area (Å²) in [6.07, 6.45) is 0. The molecule has 1 aromatic rings. The molecule has 1 aromatic heterocycles. The Kier molecular flexibility index (Phi) is 3.28. The molecule has 1 heterocycles. The number of hydrogen-bond donors (Lipinski definition) is 1. The fourth-order valence-corrected chi connectivity index (χ4v) is 0.941. The summed E-state index contributed by atoms with van der Waals surface area (Å²) in [6, 6.07) is 3.18. The van der Waals surface area contributed by atoms with Gasteiger partial charge < -0.3 is 14.6 Å². The first-order valence-electron chi connectivity index (χ1n) is 3.99. The molecule has 0 aliphatic carbocycles. The summed E-state index contributed by atoms with van der Waals surface area (Å²) in [7, 11) is 1.49. The van der Waals surface area contributed by atoms with E-state index in [1.54, 1.807) is 13.0 Å². The standard InChI is InChI=1S/C9H11NO4/c1-6-3-7(14-5-9(11)12)4-8(10-6)13-2/h3-4H,5H2,1-2H3,(H,11,12). The second kappa shape index (κ2) is 4.45. The van der Waals surface area contributed by atoms with E-state index in [-0.39, 0.29) is 6.61 Å². The number of carboxylic acid groups (broad SMARTS) is 1. The predicted octanol–water partition coefficient (Wildman–Crippen LogP) is 0.862. The Balaban J connectivity index is 2.76. The highest BCUT2D eigenvalue weighted by atomic mass is 16.5. The van der Waals surface area contributed by atoms with Crippen molar-refractivity contribution in [3.63, 3.8) is 0 Å². The van der Waals surface area contributed by atoms with Crippen LogP contribution in [0.2, 0.25) is 0 Å². The number of aromatic nitrogens is 1. The molecule has 0 spiro atoms. The number of aryl methyl sites for hydroxylation is 1. The molecule has 0 bridgehead atoms. The number of carbonyl (C=O) groups is 1. The van der Waals surface area contributed by atoms with E-state index in [1.165, 1.54) is 13.2 Å². The molecule has 0 saturated heterocycles. The number of rotatable bonds is 4. The smallest absolute Gasteiger partial charge is 0.341 e. The van der Waals surface area contributed by atoms with E-state index in [1.807, 2.05) is 0 Å². The van der Waals surface area contributed by atoms with Gasteiger partial charge in [-0.25, -0.2) is 9.78 Å². The molecular weight excluding hydrogens is 186 g/mol. The minimum absolute atomic E-state index is 0.368. The Bertz CT molecular complexity index is 338. The van der Waals surface area contributed by atoms with E-state index in [9.17, 15) is 4.79 Å². The van der Waals surface area contributed by atoms with Gasteiger partial charge in [0.25, 0.3) is 0 Å². The summed E-state index contributed by atoms with van der Waals surface area (Å²) in [5.41, 5.74) is 0.713. The van der Waals surface area contributed by atoms with E-state index in [0.717, 1.165) is 0 Å². The lowest BCUT2D eigenvalue weighted by atomic mass is 10.3. The molecule has 0 aliphatic heterocycles. The molecule has 0 fully saturated rings. The minimum atomic E-state index is -1.02. The third kappa shape index (κ3) is 2.93. The Hall–Kier alpha value is -1.78. The lowest BCUT2D eigenvalue weighted by Gasteiger charge is -2.06. The zero-order valence-electron chi connectivity index (χ0n) is 7.98. The normalized spacial score (nSPS) is 9.57. The van der Waals surface area contributed by atoms with Crippen molar-refractivity contribution < 1.29 is 19.4 Å². The molecule has 1 rings (SSSR count). The summed E-state index contributed by atoms with van der Waals surface area (Å²) < 4.78 is 9.88. The Morgan fingerprint density at radius 3 is 2.86 bits per heavy atom. The van der Waals surface area contributed by atoms with Crippen LogP contribution in [-0.2, 0) is 4.79 Å². The van der Waals surface area contributed by atoms with Crippen LogP contribution in [-0.4, -0.2) is 29.8 Å². The molecule has 0 unspecified atom stereocenters. The van der Waals surface area contributed by atoms with Gasteiger partial charge in [0.15, 0.2) is 6.61 Å². The van der Waals surface area contributed by atoms with Crippen LogP contribution in [0.4, 0.5) is 0 Å². The van der Waals surface area contributed by atoms with E-state index >= 15 is 0 Å². The van der Waals surface area contributed by atoms with Crippen LogP contribution in [0.25, 0.3) is 0 Å². The van der Waals surface area contributed by atoms with Gasteiger partial charge in [-0.3, -0.25) is 0 Å². The van der Waals surface area contributed by atoms with Crippen LogP contribution >= 0.6 is 0 Å². The second-order valence-electron chi connectivity index (χ2n) is 2.67. The Labute approximate surface area is 81.3 Å². The molecule has 0 saturated carbocycles. The third-order valence-corrected chi connectivity index (χ3v) is 1.47. The van der Waals surface area contributed by atoms with Crippen molar-refractivity contribution in [2.75, 3.05) is 13.7 Å². The van der Waals surface area contributed by atoms with Gasteiger partial charge in [0.2, 0.25) is 5.88 Å². The number of nitrogens with zero attached hydrogens (tertiary/aromatic N) is 1. The quantitative estimate of drug-likeness (QED) is 0.775. The van der Waals surface area contributed by atoms with Gasteiger partial charge in [-0.1, -0.05) is 0 Å². The number of pyridine rings is 1. The molecule has 0 radical (unpaired) electrons.